The van der Waals surface area contributed by atoms with E-state index in [2.05, 4.69) is 42.6 Å². The Morgan fingerprint density at radius 3 is 2.80 bits per heavy atom. The summed E-state index contributed by atoms with van der Waals surface area (Å²) < 4.78 is 33.9. The summed E-state index contributed by atoms with van der Waals surface area (Å²) in [6.07, 6.45) is 9.31. The van der Waals surface area contributed by atoms with Gasteiger partial charge in [-0.3, -0.25) is 9.00 Å². The molecule has 4 unspecified atom stereocenters. The number of aliphatic carboxylic acids is 1. The molecule has 4 atom stereocenters. The van der Waals surface area contributed by atoms with Gasteiger partial charge in [-0.1, -0.05) is 48.7 Å². The lowest BCUT2D eigenvalue weighted by Crippen LogP contribution is -2.14. The van der Waals surface area contributed by atoms with Gasteiger partial charge in [0, 0.05) is 29.8 Å². The van der Waals surface area contributed by atoms with E-state index in [-0.39, 0.29) is 23.0 Å². The van der Waals surface area contributed by atoms with Crippen molar-refractivity contribution >= 4 is 17.0 Å². The molecule has 220 valence electrons. The zero-order chi connectivity index (χ0) is 29.0. The third-order valence-electron chi connectivity index (χ3n) is 8.90. The van der Waals surface area contributed by atoms with Crippen LogP contribution in [0.15, 0.2) is 59.9 Å². The minimum atomic E-state index is -2.01. The maximum absolute atomic E-state index is 11.5. The Morgan fingerprint density at radius 2 is 2.07 bits per heavy atom. The molecule has 1 spiro atoms. The SMILES string of the molecule is CC=C1C(=CCNCc2ccc3c(c2)-c2ccc(OCC(CC)CCS(=O)[O-])cc2CCC3)OCC12CC2C(=O)O. The second kappa shape index (κ2) is 12.9. The number of carboxylic acid groups (broad SMARTS) is 1. The van der Waals surface area contributed by atoms with E-state index in [9.17, 15) is 18.7 Å². The molecule has 1 heterocycles. The van der Waals surface area contributed by atoms with E-state index < -0.39 is 17.0 Å². The fourth-order valence-corrected chi connectivity index (χ4v) is 6.88. The van der Waals surface area contributed by atoms with Gasteiger partial charge in [0.15, 0.2) is 0 Å². The van der Waals surface area contributed by atoms with Gasteiger partial charge in [-0.05, 0) is 97.0 Å². The van der Waals surface area contributed by atoms with Gasteiger partial charge in [-0.15, -0.1) is 0 Å². The quantitative estimate of drug-likeness (QED) is 0.251. The number of allylic oxidation sites excluding steroid dienone is 2. The summed E-state index contributed by atoms with van der Waals surface area (Å²) in [5.74, 6) is 0.974. The summed E-state index contributed by atoms with van der Waals surface area (Å²) in [6.45, 7) is 6.36. The molecule has 0 radical (unpaired) electrons. The van der Waals surface area contributed by atoms with Crippen molar-refractivity contribution in [3.8, 4) is 16.9 Å². The highest BCUT2D eigenvalue weighted by molar-refractivity contribution is 7.79. The van der Waals surface area contributed by atoms with E-state index in [1.165, 1.54) is 27.8 Å². The van der Waals surface area contributed by atoms with Crippen LogP contribution in [0, 0.1) is 17.3 Å². The summed E-state index contributed by atoms with van der Waals surface area (Å²) in [6, 6.07) is 13.1. The molecule has 2 fully saturated rings. The zero-order valence-corrected chi connectivity index (χ0v) is 24.8. The van der Waals surface area contributed by atoms with Crippen molar-refractivity contribution in [3.63, 3.8) is 0 Å². The van der Waals surface area contributed by atoms with Crippen molar-refractivity contribution in [2.75, 3.05) is 25.5 Å². The largest absolute Gasteiger partial charge is 0.772 e. The standard InChI is InChI=1S/C33H41NO6S/c1-3-22(13-15-41(37)38)20-39-26-10-11-27-25(17-26)7-5-6-24-9-8-23(16-28(24)27)19-34-14-12-31-29(4-2)33(21-40-31)18-30(33)32(35)36/h4,8-12,16-17,22,30,34H,3,5-7,13-15,18-21H2,1-2H3,(H,35,36)(H,37,38)/p-1. The normalized spacial score (nSPS) is 24.4. The molecule has 1 aliphatic heterocycles. The van der Waals surface area contributed by atoms with Crippen LogP contribution < -0.4 is 10.1 Å². The Balaban J connectivity index is 1.21. The van der Waals surface area contributed by atoms with Gasteiger partial charge in [-0.2, -0.15) is 0 Å². The van der Waals surface area contributed by atoms with Crippen molar-refractivity contribution in [2.24, 2.45) is 17.3 Å². The average molecular weight is 579 g/mol. The number of carbonyl (C=O) groups is 1. The van der Waals surface area contributed by atoms with Crippen LogP contribution in [0.2, 0.25) is 0 Å². The maximum atomic E-state index is 11.5. The second-order valence-corrected chi connectivity index (χ2v) is 12.5. The highest BCUT2D eigenvalue weighted by Crippen LogP contribution is 2.63. The van der Waals surface area contributed by atoms with Crippen LogP contribution in [0.3, 0.4) is 0 Å². The van der Waals surface area contributed by atoms with Crippen LogP contribution in [-0.4, -0.2) is 45.3 Å². The number of ether oxygens (including phenoxy) is 2. The average Bonchev–Trinajstić information content (AvgIpc) is 3.63. The monoisotopic (exact) mass is 578 g/mol. The van der Waals surface area contributed by atoms with E-state index in [0.717, 1.165) is 42.8 Å². The Morgan fingerprint density at radius 1 is 1.24 bits per heavy atom. The lowest BCUT2D eigenvalue weighted by Gasteiger charge is -2.18. The molecule has 2 aliphatic carbocycles. The van der Waals surface area contributed by atoms with Gasteiger partial charge in [0.2, 0.25) is 0 Å². The topological polar surface area (TPSA) is 108 Å². The van der Waals surface area contributed by atoms with E-state index >= 15 is 0 Å². The lowest BCUT2D eigenvalue weighted by atomic mass is 9.94. The highest BCUT2D eigenvalue weighted by Gasteiger charge is 2.64. The summed E-state index contributed by atoms with van der Waals surface area (Å²) in [5, 5.41) is 12.9. The number of fused-ring (bicyclic) bond motifs is 3. The highest BCUT2D eigenvalue weighted by atomic mass is 32.2. The first-order valence-corrected chi connectivity index (χ1v) is 16.0. The van der Waals surface area contributed by atoms with Crippen LogP contribution in [0.25, 0.3) is 11.1 Å². The number of hydrogen-bond acceptors (Lipinski definition) is 6. The number of hydrogen-bond donors (Lipinski definition) is 2. The van der Waals surface area contributed by atoms with Crippen molar-refractivity contribution in [1.82, 2.24) is 5.32 Å². The summed E-state index contributed by atoms with van der Waals surface area (Å²) in [7, 11) is 0. The first-order valence-electron chi connectivity index (χ1n) is 14.7. The number of benzene rings is 2. The minimum absolute atomic E-state index is 0.177. The molecule has 2 aromatic carbocycles. The third-order valence-corrected chi connectivity index (χ3v) is 9.47. The summed E-state index contributed by atoms with van der Waals surface area (Å²) >= 11 is -2.01. The van der Waals surface area contributed by atoms with Crippen molar-refractivity contribution in [1.29, 1.82) is 0 Å². The number of aryl methyl sites for hydroxylation is 2. The molecule has 2 aromatic rings. The van der Waals surface area contributed by atoms with E-state index in [4.69, 9.17) is 9.47 Å². The molecule has 41 heavy (non-hydrogen) atoms. The molecule has 3 aliphatic rings. The Labute approximate surface area is 245 Å². The lowest BCUT2D eigenvalue weighted by molar-refractivity contribution is -0.139. The molecule has 0 bridgehead atoms. The van der Waals surface area contributed by atoms with Crippen LogP contribution >= 0.6 is 0 Å². The Bertz CT molecular complexity index is 1370. The molecule has 0 aromatic heterocycles. The van der Waals surface area contributed by atoms with Crippen LogP contribution in [0.5, 0.6) is 5.75 Å². The van der Waals surface area contributed by atoms with Crippen molar-refractivity contribution in [3.05, 3.63) is 76.6 Å². The summed E-state index contributed by atoms with van der Waals surface area (Å²) in [5.41, 5.74) is 7.08. The van der Waals surface area contributed by atoms with E-state index in [1.807, 2.05) is 25.1 Å². The zero-order valence-electron chi connectivity index (χ0n) is 23.9. The molecule has 7 nitrogen and oxygen atoms in total. The molecule has 0 amide bonds. The van der Waals surface area contributed by atoms with Crippen LogP contribution in [0.1, 0.15) is 56.2 Å². The molecular weight excluding hydrogens is 538 g/mol. The smallest absolute Gasteiger partial charge is 0.307 e. The van der Waals surface area contributed by atoms with Gasteiger partial charge >= 0.3 is 5.97 Å². The first-order chi connectivity index (χ1) is 19.8. The molecule has 8 heteroatoms. The second-order valence-electron chi connectivity index (χ2n) is 11.5. The van der Waals surface area contributed by atoms with Crippen molar-refractivity contribution < 1.29 is 28.1 Å². The van der Waals surface area contributed by atoms with Gasteiger partial charge in [-0.25, -0.2) is 0 Å². The predicted molar refractivity (Wildman–Crippen MR) is 159 cm³/mol. The van der Waals surface area contributed by atoms with E-state index in [1.54, 1.807) is 0 Å². The molecular formula is C33H40NO6S-. The maximum Gasteiger partial charge on any atom is 0.307 e. The first kappa shape index (κ1) is 29.5. The fourth-order valence-electron chi connectivity index (χ4n) is 6.36. The van der Waals surface area contributed by atoms with Gasteiger partial charge in [0.05, 0.1) is 19.1 Å². The number of rotatable bonds is 12. The number of carboxylic acids is 1. The predicted octanol–water partition coefficient (Wildman–Crippen LogP) is 5.56. The minimum Gasteiger partial charge on any atom is -0.772 e. The number of nitrogens with one attached hydrogen (secondary N) is 1. The van der Waals surface area contributed by atoms with Crippen LogP contribution in [-0.2, 0) is 40.0 Å². The fraction of sp³-hybridized carbons (Fsp3) is 0.485. The molecule has 5 rings (SSSR count). The van der Waals surface area contributed by atoms with Gasteiger partial charge in [0.25, 0.3) is 0 Å². The van der Waals surface area contributed by atoms with Crippen molar-refractivity contribution in [2.45, 2.75) is 58.9 Å². The van der Waals surface area contributed by atoms with Crippen LogP contribution in [0.4, 0.5) is 0 Å². The third kappa shape index (κ3) is 6.60. The van der Waals surface area contributed by atoms with Gasteiger partial charge < -0.3 is 24.4 Å². The molecule has 1 saturated heterocycles. The summed E-state index contributed by atoms with van der Waals surface area (Å²) in [4.78, 5) is 11.5. The molecule has 1 saturated carbocycles. The Hall–Kier alpha value is -2.94. The Kier molecular flexibility index (Phi) is 9.32. The molecule has 2 N–H and O–H groups in total. The van der Waals surface area contributed by atoms with Gasteiger partial charge in [0.1, 0.15) is 11.5 Å². The van der Waals surface area contributed by atoms with E-state index in [0.29, 0.717) is 39.1 Å².